The molecule has 1 aromatic heterocycles. The molecular weight excluding hydrogens is 252 g/mol. The van der Waals surface area contributed by atoms with Gasteiger partial charge in [-0.05, 0) is 24.6 Å². The molecule has 0 aliphatic carbocycles. The Balaban J connectivity index is 1.95. The van der Waals surface area contributed by atoms with Crippen LogP contribution >= 0.6 is 0 Å². The number of benzene rings is 1. The van der Waals surface area contributed by atoms with Crippen LogP contribution < -0.4 is 4.90 Å². The molecule has 1 aromatic carbocycles. The maximum atomic E-state index is 12.6. The lowest BCUT2D eigenvalue weighted by Gasteiger charge is -2.28. The van der Waals surface area contributed by atoms with E-state index in [9.17, 15) is 4.79 Å². The van der Waals surface area contributed by atoms with Gasteiger partial charge in [-0.3, -0.25) is 4.79 Å². The quantitative estimate of drug-likeness (QED) is 0.799. The van der Waals surface area contributed by atoms with Crippen LogP contribution in [0, 0.1) is 0 Å². The summed E-state index contributed by atoms with van der Waals surface area (Å²) >= 11 is 0. The van der Waals surface area contributed by atoms with E-state index in [2.05, 4.69) is 31.0 Å². The van der Waals surface area contributed by atoms with E-state index in [0.717, 1.165) is 6.54 Å². The molecule has 104 valence electrons. The first-order chi connectivity index (χ1) is 9.66. The normalized spacial score (nSPS) is 18.6. The van der Waals surface area contributed by atoms with Gasteiger partial charge in [0.1, 0.15) is 6.26 Å². The lowest BCUT2D eigenvalue weighted by Crippen LogP contribution is -2.41. The van der Waals surface area contributed by atoms with E-state index in [1.807, 2.05) is 17.0 Å². The SMILES string of the molecule is CC1CN(C)c2ccccc2CN1C(=O)c1ccoc1. The van der Waals surface area contributed by atoms with Gasteiger partial charge in [0, 0.05) is 31.9 Å². The summed E-state index contributed by atoms with van der Waals surface area (Å²) < 4.78 is 5.03. The Bertz CT molecular complexity index is 607. The van der Waals surface area contributed by atoms with Crippen molar-refractivity contribution in [2.75, 3.05) is 18.5 Å². The second kappa shape index (κ2) is 5.04. The van der Waals surface area contributed by atoms with Gasteiger partial charge in [0.25, 0.3) is 5.91 Å². The van der Waals surface area contributed by atoms with Gasteiger partial charge in [-0.1, -0.05) is 18.2 Å². The highest BCUT2D eigenvalue weighted by atomic mass is 16.3. The molecule has 4 nitrogen and oxygen atoms in total. The zero-order valence-electron chi connectivity index (χ0n) is 11.7. The maximum absolute atomic E-state index is 12.6. The molecule has 1 aliphatic rings. The number of fused-ring (bicyclic) bond motifs is 1. The number of para-hydroxylation sites is 1. The van der Waals surface area contributed by atoms with Gasteiger partial charge < -0.3 is 14.2 Å². The topological polar surface area (TPSA) is 36.7 Å². The lowest BCUT2D eigenvalue weighted by atomic mass is 10.1. The smallest absolute Gasteiger partial charge is 0.257 e. The number of carbonyl (C=O) groups is 1. The molecule has 0 saturated heterocycles. The van der Waals surface area contributed by atoms with Crippen LogP contribution in [-0.4, -0.2) is 30.4 Å². The second-order valence-electron chi connectivity index (χ2n) is 5.30. The minimum Gasteiger partial charge on any atom is -0.472 e. The molecule has 2 aromatic rings. The van der Waals surface area contributed by atoms with E-state index in [1.165, 1.54) is 23.8 Å². The summed E-state index contributed by atoms with van der Waals surface area (Å²) in [5, 5.41) is 0. The van der Waals surface area contributed by atoms with E-state index in [-0.39, 0.29) is 11.9 Å². The summed E-state index contributed by atoms with van der Waals surface area (Å²) in [5.41, 5.74) is 2.98. The largest absolute Gasteiger partial charge is 0.472 e. The van der Waals surface area contributed by atoms with E-state index in [4.69, 9.17) is 4.42 Å². The first kappa shape index (κ1) is 12.8. The fourth-order valence-electron chi connectivity index (χ4n) is 2.77. The van der Waals surface area contributed by atoms with E-state index >= 15 is 0 Å². The minimum atomic E-state index is 0.0244. The third-order valence-electron chi connectivity index (χ3n) is 3.84. The molecule has 1 amide bonds. The van der Waals surface area contributed by atoms with Crippen molar-refractivity contribution in [1.82, 2.24) is 4.90 Å². The van der Waals surface area contributed by atoms with Crippen LogP contribution in [0.25, 0.3) is 0 Å². The Morgan fingerprint density at radius 1 is 1.30 bits per heavy atom. The van der Waals surface area contributed by atoms with Crippen LogP contribution in [-0.2, 0) is 6.54 Å². The minimum absolute atomic E-state index is 0.0244. The van der Waals surface area contributed by atoms with Gasteiger partial charge in [-0.25, -0.2) is 0 Å². The monoisotopic (exact) mass is 270 g/mol. The van der Waals surface area contributed by atoms with Crippen molar-refractivity contribution >= 4 is 11.6 Å². The summed E-state index contributed by atoms with van der Waals surface area (Å²) in [5.74, 6) is 0.0244. The number of carbonyl (C=O) groups excluding carboxylic acids is 1. The Labute approximate surface area is 118 Å². The van der Waals surface area contributed by atoms with Crippen LogP contribution in [0.15, 0.2) is 47.3 Å². The maximum Gasteiger partial charge on any atom is 0.257 e. The third-order valence-corrected chi connectivity index (χ3v) is 3.84. The Morgan fingerprint density at radius 2 is 2.10 bits per heavy atom. The Hall–Kier alpha value is -2.23. The van der Waals surface area contributed by atoms with Crippen molar-refractivity contribution < 1.29 is 9.21 Å². The average molecular weight is 270 g/mol. The lowest BCUT2D eigenvalue weighted by molar-refractivity contribution is 0.0686. The van der Waals surface area contributed by atoms with Crippen molar-refractivity contribution in [3.63, 3.8) is 0 Å². The Morgan fingerprint density at radius 3 is 2.85 bits per heavy atom. The highest BCUT2D eigenvalue weighted by Crippen LogP contribution is 2.27. The highest BCUT2D eigenvalue weighted by molar-refractivity contribution is 5.94. The molecule has 0 bridgehead atoms. The molecule has 0 fully saturated rings. The fraction of sp³-hybridized carbons (Fsp3) is 0.312. The van der Waals surface area contributed by atoms with Crippen molar-refractivity contribution in [3.8, 4) is 0 Å². The zero-order chi connectivity index (χ0) is 14.1. The van der Waals surface area contributed by atoms with E-state index < -0.39 is 0 Å². The molecule has 0 radical (unpaired) electrons. The van der Waals surface area contributed by atoms with Gasteiger partial charge in [-0.15, -0.1) is 0 Å². The number of amides is 1. The van der Waals surface area contributed by atoms with Crippen molar-refractivity contribution in [3.05, 3.63) is 54.0 Å². The van der Waals surface area contributed by atoms with Gasteiger partial charge in [0.05, 0.1) is 11.8 Å². The van der Waals surface area contributed by atoms with E-state index in [1.54, 1.807) is 6.07 Å². The number of rotatable bonds is 1. The van der Waals surface area contributed by atoms with E-state index in [0.29, 0.717) is 12.1 Å². The standard InChI is InChI=1S/C16H18N2O2/c1-12-9-17(2)15-6-4-3-5-13(15)10-18(12)16(19)14-7-8-20-11-14/h3-8,11-12H,9-10H2,1-2H3. The molecule has 2 heterocycles. The number of hydrogen-bond acceptors (Lipinski definition) is 3. The first-order valence-electron chi connectivity index (χ1n) is 6.79. The molecule has 0 saturated carbocycles. The summed E-state index contributed by atoms with van der Waals surface area (Å²) in [6, 6.07) is 10.1. The molecule has 20 heavy (non-hydrogen) atoms. The number of nitrogens with zero attached hydrogens (tertiary/aromatic N) is 2. The van der Waals surface area contributed by atoms with Crippen molar-refractivity contribution in [2.24, 2.45) is 0 Å². The third kappa shape index (κ3) is 2.18. The van der Waals surface area contributed by atoms with Gasteiger partial charge >= 0.3 is 0 Å². The molecule has 3 rings (SSSR count). The summed E-state index contributed by atoms with van der Waals surface area (Å²) in [6.07, 6.45) is 3.05. The first-order valence-corrected chi connectivity index (χ1v) is 6.79. The van der Waals surface area contributed by atoms with Crippen LogP contribution in [0.2, 0.25) is 0 Å². The number of hydrogen-bond donors (Lipinski definition) is 0. The van der Waals surface area contributed by atoms with Gasteiger partial charge in [0.15, 0.2) is 0 Å². The summed E-state index contributed by atoms with van der Waals surface area (Å²) in [6.45, 7) is 3.53. The van der Waals surface area contributed by atoms with Crippen LogP contribution in [0.1, 0.15) is 22.8 Å². The summed E-state index contributed by atoms with van der Waals surface area (Å²) in [7, 11) is 2.07. The number of likely N-dealkylation sites (N-methyl/N-ethyl adjacent to an activating group) is 1. The van der Waals surface area contributed by atoms with Crippen LogP contribution in [0.5, 0.6) is 0 Å². The molecule has 0 spiro atoms. The zero-order valence-corrected chi connectivity index (χ0v) is 11.7. The second-order valence-corrected chi connectivity index (χ2v) is 5.30. The predicted molar refractivity (Wildman–Crippen MR) is 77.8 cm³/mol. The number of furan rings is 1. The Kier molecular flexibility index (Phi) is 3.22. The summed E-state index contributed by atoms with van der Waals surface area (Å²) in [4.78, 5) is 16.7. The average Bonchev–Trinajstić information content (AvgIpc) is 2.94. The highest BCUT2D eigenvalue weighted by Gasteiger charge is 2.27. The predicted octanol–water partition coefficient (Wildman–Crippen LogP) is 2.76. The van der Waals surface area contributed by atoms with Crippen LogP contribution in [0.3, 0.4) is 0 Å². The van der Waals surface area contributed by atoms with Gasteiger partial charge in [0.2, 0.25) is 0 Å². The molecule has 4 heteroatoms. The molecule has 1 aliphatic heterocycles. The fourth-order valence-corrected chi connectivity index (χ4v) is 2.77. The van der Waals surface area contributed by atoms with Gasteiger partial charge in [-0.2, -0.15) is 0 Å². The number of anilines is 1. The van der Waals surface area contributed by atoms with Crippen molar-refractivity contribution in [2.45, 2.75) is 19.5 Å². The van der Waals surface area contributed by atoms with Crippen molar-refractivity contribution in [1.29, 1.82) is 0 Å². The molecular formula is C16H18N2O2. The molecule has 0 N–H and O–H groups in total. The molecule has 1 atom stereocenters. The molecule has 1 unspecified atom stereocenters. The van der Waals surface area contributed by atoms with Crippen LogP contribution in [0.4, 0.5) is 5.69 Å².